The zero-order valence-corrected chi connectivity index (χ0v) is 19.8. The molecule has 0 saturated carbocycles. The van der Waals surface area contributed by atoms with Crippen molar-refractivity contribution in [2.75, 3.05) is 39.8 Å². The predicted octanol–water partition coefficient (Wildman–Crippen LogP) is 3.52. The van der Waals surface area contributed by atoms with Crippen LogP contribution in [0.2, 0.25) is 0 Å². The largest absolute Gasteiger partial charge is 0.465 e. The molecule has 1 aliphatic carbocycles. The Hall–Kier alpha value is -3.65. The van der Waals surface area contributed by atoms with Crippen molar-refractivity contribution in [3.8, 4) is 0 Å². The van der Waals surface area contributed by atoms with Gasteiger partial charge < -0.3 is 19.3 Å². The van der Waals surface area contributed by atoms with Gasteiger partial charge in [-0.15, -0.1) is 0 Å². The maximum atomic E-state index is 13.7. The molecule has 1 aromatic heterocycles. The fourth-order valence-corrected chi connectivity index (χ4v) is 5.37. The van der Waals surface area contributed by atoms with Gasteiger partial charge in [-0.1, -0.05) is 30.3 Å². The van der Waals surface area contributed by atoms with Crippen LogP contribution in [0.5, 0.6) is 0 Å². The molecule has 1 fully saturated rings. The van der Waals surface area contributed by atoms with Gasteiger partial charge in [0.05, 0.1) is 12.7 Å². The summed E-state index contributed by atoms with van der Waals surface area (Å²) in [6, 6.07) is 15.4. The maximum Gasteiger partial charge on any atom is 0.407 e. The molecule has 8 heteroatoms. The van der Waals surface area contributed by atoms with E-state index in [4.69, 9.17) is 4.74 Å². The number of hydrogen-bond donors (Lipinski definition) is 1. The summed E-state index contributed by atoms with van der Waals surface area (Å²) in [6.07, 6.45) is 0.717. The fourth-order valence-electron chi connectivity index (χ4n) is 5.37. The highest BCUT2D eigenvalue weighted by atomic mass is 16.5. The number of benzene rings is 2. The lowest BCUT2D eigenvalue weighted by Gasteiger charge is -2.35. The molecule has 1 aliphatic heterocycles. The molecule has 0 radical (unpaired) electrons. The Kier molecular flexibility index (Phi) is 6.30. The third kappa shape index (κ3) is 4.41. The van der Waals surface area contributed by atoms with Gasteiger partial charge in [0.15, 0.2) is 5.78 Å². The van der Waals surface area contributed by atoms with Gasteiger partial charge in [0.1, 0.15) is 0 Å². The van der Waals surface area contributed by atoms with Crippen molar-refractivity contribution >= 4 is 28.7 Å². The summed E-state index contributed by atoms with van der Waals surface area (Å²) in [5, 5.41) is 10.2. The van der Waals surface area contributed by atoms with E-state index in [2.05, 4.69) is 15.5 Å². The lowest BCUT2D eigenvalue weighted by Crippen LogP contribution is -2.50. The number of carbonyl (C=O) groups excluding carboxylic acids is 2. The van der Waals surface area contributed by atoms with E-state index in [0.717, 1.165) is 40.6 Å². The van der Waals surface area contributed by atoms with Gasteiger partial charge in [0.2, 0.25) is 0 Å². The Labute approximate surface area is 203 Å². The third-order valence-corrected chi connectivity index (χ3v) is 7.26. The summed E-state index contributed by atoms with van der Waals surface area (Å²) in [4.78, 5) is 40.3. The van der Waals surface area contributed by atoms with E-state index in [9.17, 15) is 19.5 Å². The molecule has 5 rings (SSSR count). The molecule has 35 heavy (non-hydrogen) atoms. The minimum Gasteiger partial charge on any atom is -0.465 e. The van der Waals surface area contributed by atoms with E-state index in [0.29, 0.717) is 44.8 Å². The van der Waals surface area contributed by atoms with Crippen molar-refractivity contribution < 1.29 is 24.2 Å². The SMILES string of the molecule is COC(=O)c1ccc(Cn2c3c(c4ccccc42)C(=O)C(CN2CCN(C(=O)O)CC2)CC3)cc1. The zero-order chi connectivity index (χ0) is 24.5. The minimum absolute atomic E-state index is 0.0857. The number of para-hydroxylation sites is 1. The number of nitrogens with zero attached hydrogens (tertiary/aromatic N) is 3. The number of aromatic nitrogens is 1. The second-order valence-corrected chi connectivity index (χ2v) is 9.28. The maximum absolute atomic E-state index is 13.7. The molecule has 1 amide bonds. The average Bonchev–Trinajstić information content (AvgIpc) is 3.20. The van der Waals surface area contributed by atoms with E-state index in [1.807, 2.05) is 30.3 Å². The van der Waals surface area contributed by atoms with Crippen molar-refractivity contribution in [2.24, 2.45) is 5.92 Å². The summed E-state index contributed by atoms with van der Waals surface area (Å²) in [5.41, 5.74) is 4.50. The molecule has 182 valence electrons. The van der Waals surface area contributed by atoms with Crippen molar-refractivity contribution in [3.63, 3.8) is 0 Å². The Balaban J connectivity index is 1.39. The zero-order valence-electron chi connectivity index (χ0n) is 19.8. The van der Waals surface area contributed by atoms with Crippen LogP contribution in [0.4, 0.5) is 4.79 Å². The molecule has 2 aromatic carbocycles. The van der Waals surface area contributed by atoms with E-state index in [1.54, 1.807) is 12.1 Å². The molecular formula is C27H29N3O5. The monoisotopic (exact) mass is 475 g/mol. The highest BCUT2D eigenvalue weighted by molar-refractivity contribution is 6.11. The fraction of sp³-hybridized carbons (Fsp3) is 0.370. The minimum atomic E-state index is -0.879. The first kappa shape index (κ1) is 23.1. The molecule has 1 atom stereocenters. The number of esters is 1. The number of ketones is 1. The second-order valence-electron chi connectivity index (χ2n) is 9.28. The number of amides is 1. The number of carboxylic acid groups (broad SMARTS) is 1. The van der Waals surface area contributed by atoms with E-state index < -0.39 is 6.09 Å². The van der Waals surface area contributed by atoms with Crippen LogP contribution in [0.15, 0.2) is 48.5 Å². The topological polar surface area (TPSA) is 92.1 Å². The molecule has 8 nitrogen and oxygen atoms in total. The molecule has 3 aromatic rings. The summed E-state index contributed by atoms with van der Waals surface area (Å²) in [6.45, 7) is 3.57. The molecule has 2 aliphatic rings. The number of carbonyl (C=O) groups is 3. The van der Waals surface area contributed by atoms with Crippen molar-refractivity contribution in [1.29, 1.82) is 0 Å². The summed E-state index contributed by atoms with van der Waals surface area (Å²) in [7, 11) is 1.37. The van der Waals surface area contributed by atoms with Gasteiger partial charge >= 0.3 is 12.1 Å². The second kappa shape index (κ2) is 9.54. The highest BCUT2D eigenvalue weighted by Gasteiger charge is 2.34. The van der Waals surface area contributed by atoms with Crippen LogP contribution in [0.25, 0.3) is 10.9 Å². The first-order chi connectivity index (χ1) is 17.0. The number of fused-ring (bicyclic) bond motifs is 3. The van der Waals surface area contributed by atoms with Crippen LogP contribution in [0.3, 0.4) is 0 Å². The van der Waals surface area contributed by atoms with Crippen LogP contribution in [-0.2, 0) is 17.7 Å². The summed E-state index contributed by atoms with van der Waals surface area (Å²) in [5.74, 6) is -0.262. The predicted molar refractivity (Wildman–Crippen MR) is 131 cm³/mol. The number of ether oxygens (including phenoxy) is 1. The van der Waals surface area contributed by atoms with Gasteiger partial charge in [-0.05, 0) is 36.6 Å². The van der Waals surface area contributed by atoms with Gasteiger partial charge in [-0.3, -0.25) is 9.69 Å². The Bertz CT molecular complexity index is 1270. The first-order valence-electron chi connectivity index (χ1n) is 12.0. The van der Waals surface area contributed by atoms with Crippen molar-refractivity contribution in [1.82, 2.24) is 14.4 Å². The van der Waals surface area contributed by atoms with Crippen LogP contribution in [-0.4, -0.2) is 77.2 Å². The Morgan fingerprint density at radius 1 is 1.03 bits per heavy atom. The molecule has 0 bridgehead atoms. The Morgan fingerprint density at radius 2 is 1.74 bits per heavy atom. The normalized spacial score (nSPS) is 18.5. The molecule has 1 unspecified atom stereocenters. The lowest BCUT2D eigenvalue weighted by atomic mass is 9.84. The number of Topliss-reactive ketones (excluding diaryl/α,β-unsaturated/α-hetero) is 1. The number of methoxy groups -OCH3 is 1. The molecular weight excluding hydrogens is 446 g/mol. The van der Waals surface area contributed by atoms with Crippen molar-refractivity contribution in [2.45, 2.75) is 19.4 Å². The van der Waals surface area contributed by atoms with Crippen LogP contribution < -0.4 is 0 Å². The number of rotatable bonds is 5. The standard InChI is InChI=1S/C27H29N3O5/c1-35-26(32)19-8-6-18(7-9-19)16-30-22-5-3-2-4-21(22)24-23(30)11-10-20(25(24)31)17-28-12-14-29(15-13-28)27(33)34/h2-9,20H,10-17H2,1H3,(H,33,34). The quantitative estimate of drug-likeness (QED) is 0.568. The Morgan fingerprint density at radius 3 is 2.43 bits per heavy atom. The van der Waals surface area contributed by atoms with E-state index >= 15 is 0 Å². The smallest absolute Gasteiger partial charge is 0.407 e. The third-order valence-electron chi connectivity index (χ3n) is 7.26. The molecule has 2 heterocycles. The van der Waals surface area contributed by atoms with Crippen molar-refractivity contribution in [3.05, 3.63) is 70.9 Å². The van der Waals surface area contributed by atoms with Crippen LogP contribution in [0.1, 0.15) is 38.4 Å². The molecule has 0 spiro atoms. The van der Waals surface area contributed by atoms with Crippen LogP contribution >= 0.6 is 0 Å². The lowest BCUT2D eigenvalue weighted by molar-refractivity contribution is 0.0600. The molecule has 1 saturated heterocycles. The van der Waals surface area contributed by atoms with Gasteiger partial charge in [0.25, 0.3) is 0 Å². The van der Waals surface area contributed by atoms with E-state index in [-0.39, 0.29) is 17.7 Å². The summed E-state index contributed by atoms with van der Waals surface area (Å²) < 4.78 is 7.03. The average molecular weight is 476 g/mol. The van der Waals surface area contributed by atoms with E-state index in [1.165, 1.54) is 12.0 Å². The van der Waals surface area contributed by atoms with Gasteiger partial charge in [-0.2, -0.15) is 0 Å². The number of piperazine rings is 1. The van der Waals surface area contributed by atoms with Gasteiger partial charge in [-0.25, -0.2) is 9.59 Å². The number of hydrogen-bond acceptors (Lipinski definition) is 5. The first-order valence-corrected chi connectivity index (χ1v) is 12.0. The molecule has 1 N–H and O–H groups in total. The highest BCUT2D eigenvalue weighted by Crippen LogP contribution is 2.35. The van der Waals surface area contributed by atoms with Crippen LogP contribution in [0, 0.1) is 5.92 Å². The summed E-state index contributed by atoms with van der Waals surface area (Å²) >= 11 is 0. The van der Waals surface area contributed by atoms with Gasteiger partial charge in [0, 0.05) is 67.3 Å².